The van der Waals surface area contributed by atoms with E-state index in [1.54, 1.807) is 31.7 Å². The van der Waals surface area contributed by atoms with Gasteiger partial charge in [-0.05, 0) is 42.5 Å². The highest BCUT2D eigenvalue weighted by Gasteiger charge is 2.18. The maximum absolute atomic E-state index is 8.12. The van der Waals surface area contributed by atoms with Crippen molar-refractivity contribution in [2.75, 3.05) is 25.6 Å². The number of pyridine rings is 1. The molecule has 0 fully saturated rings. The van der Waals surface area contributed by atoms with Crippen LogP contribution in [0.5, 0.6) is 5.75 Å². The number of hydrogen-bond acceptors (Lipinski definition) is 8. The predicted octanol–water partition coefficient (Wildman–Crippen LogP) is 5.85. The standard InChI is InChI=1S/C25H29IN6O2/c1-6-17(24(26)27)18-12-30-23-10-21(18)34-14-16(4)13-33-20(9-15(2)3)19(11-28-5)25-29-8-7-22(31-23)32-25/h6-8,10-12,16,27H,2,9,13-14H2,1,3-5H3,(H,29,30,31,32)/b17-6-,20-19-,27-24?,28-11?. The Morgan fingerprint density at radius 2 is 2.09 bits per heavy atom. The summed E-state index contributed by atoms with van der Waals surface area (Å²) in [6.45, 7) is 10.8. The molecule has 1 unspecified atom stereocenters. The van der Waals surface area contributed by atoms with Crippen LogP contribution in [0.1, 0.15) is 38.6 Å². The number of aliphatic imine (C=N–C) groups is 1. The minimum absolute atomic E-state index is 0.0839. The molecule has 0 aliphatic carbocycles. The van der Waals surface area contributed by atoms with Gasteiger partial charge >= 0.3 is 0 Å². The van der Waals surface area contributed by atoms with Crippen LogP contribution in [0.4, 0.5) is 11.6 Å². The minimum atomic E-state index is 0.0839. The molecule has 3 rings (SSSR count). The van der Waals surface area contributed by atoms with E-state index in [9.17, 15) is 0 Å². The lowest BCUT2D eigenvalue weighted by Gasteiger charge is -2.20. The zero-order valence-corrected chi connectivity index (χ0v) is 22.0. The first-order valence-corrected chi connectivity index (χ1v) is 12.0. The Bertz CT molecular complexity index is 1170. The van der Waals surface area contributed by atoms with Gasteiger partial charge in [0.1, 0.15) is 23.1 Å². The highest BCUT2D eigenvalue weighted by molar-refractivity contribution is 14.1. The minimum Gasteiger partial charge on any atom is -0.496 e. The van der Waals surface area contributed by atoms with Crippen LogP contribution >= 0.6 is 22.6 Å². The third-order valence-corrected chi connectivity index (χ3v) is 5.50. The van der Waals surface area contributed by atoms with Crippen molar-refractivity contribution in [2.45, 2.75) is 27.2 Å². The van der Waals surface area contributed by atoms with Gasteiger partial charge in [0.25, 0.3) is 0 Å². The lowest BCUT2D eigenvalue weighted by Crippen LogP contribution is -2.17. The molecule has 1 aliphatic heterocycles. The summed E-state index contributed by atoms with van der Waals surface area (Å²) in [5.41, 5.74) is 3.20. The molecule has 0 saturated heterocycles. The van der Waals surface area contributed by atoms with E-state index in [0.717, 1.165) is 16.7 Å². The second kappa shape index (κ2) is 11.9. The monoisotopic (exact) mass is 572 g/mol. The number of anilines is 2. The number of ether oxygens (including phenoxy) is 2. The van der Waals surface area contributed by atoms with E-state index in [-0.39, 0.29) is 5.92 Å². The van der Waals surface area contributed by atoms with Gasteiger partial charge in [0, 0.05) is 55.2 Å². The Labute approximate surface area is 214 Å². The highest BCUT2D eigenvalue weighted by atomic mass is 127. The number of fused-ring (bicyclic) bond motifs is 4. The van der Waals surface area contributed by atoms with Crippen molar-refractivity contribution in [3.05, 3.63) is 59.9 Å². The Kier molecular flexibility index (Phi) is 8.91. The molecule has 0 aromatic carbocycles. The van der Waals surface area contributed by atoms with Gasteiger partial charge in [0.15, 0.2) is 5.82 Å². The molecule has 4 bridgehead atoms. The summed E-state index contributed by atoms with van der Waals surface area (Å²) in [7, 11) is 1.71. The molecule has 1 aliphatic rings. The van der Waals surface area contributed by atoms with Crippen LogP contribution in [0, 0.1) is 11.3 Å². The zero-order valence-electron chi connectivity index (χ0n) is 19.9. The van der Waals surface area contributed by atoms with E-state index in [1.807, 2.05) is 48.6 Å². The Morgan fingerprint density at radius 1 is 1.32 bits per heavy atom. The topological polar surface area (TPSA) is 105 Å². The van der Waals surface area contributed by atoms with Crippen molar-refractivity contribution >= 4 is 55.3 Å². The molecule has 3 heterocycles. The fourth-order valence-electron chi connectivity index (χ4n) is 3.32. The van der Waals surface area contributed by atoms with Crippen LogP contribution < -0.4 is 10.1 Å². The van der Waals surface area contributed by atoms with Gasteiger partial charge in [0.2, 0.25) is 0 Å². The fourth-order valence-corrected chi connectivity index (χ4v) is 3.92. The zero-order chi connectivity index (χ0) is 24.7. The lowest BCUT2D eigenvalue weighted by atomic mass is 10.1. The van der Waals surface area contributed by atoms with E-state index in [2.05, 4.69) is 38.8 Å². The number of nitrogens with zero attached hydrogens (tertiary/aromatic N) is 4. The maximum atomic E-state index is 8.12. The molecule has 0 amide bonds. The van der Waals surface area contributed by atoms with E-state index < -0.39 is 0 Å². The first-order valence-electron chi connectivity index (χ1n) is 10.9. The van der Waals surface area contributed by atoms with Gasteiger partial charge in [-0.3, -0.25) is 10.4 Å². The molecule has 9 heteroatoms. The Balaban J connectivity index is 2.12. The van der Waals surface area contributed by atoms with Gasteiger partial charge in [0.05, 0.1) is 22.5 Å². The number of hydrogen-bond donors (Lipinski definition) is 2. The quantitative estimate of drug-likeness (QED) is 0.265. The molecule has 0 saturated carbocycles. The van der Waals surface area contributed by atoms with Crippen molar-refractivity contribution in [1.82, 2.24) is 15.0 Å². The second-order valence-electron chi connectivity index (χ2n) is 8.06. The number of halogens is 1. The second-order valence-corrected chi connectivity index (χ2v) is 9.14. The third kappa shape index (κ3) is 6.49. The molecule has 8 nitrogen and oxygen atoms in total. The molecule has 0 radical (unpaired) electrons. The van der Waals surface area contributed by atoms with Crippen LogP contribution in [0.2, 0.25) is 0 Å². The summed E-state index contributed by atoms with van der Waals surface area (Å²) in [5, 5.41) is 11.4. The molecular formula is C25H29IN6O2. The van der Waals surface area contributed by atoms with Gasteiger partial charge in [-0.15, -0.1) is 0 Å². The van der Waals surface area contributed by atoms with Gasteiger partial charge < -0.3 is 14.8 Å². The summed E-state index contributed by atoms with van der Waals surface area (Å²) >= 11 is 1.99. The average molecular weight is 572 g/mol. The smallest absolute Gasteiger partial charge is 0.166 e. The molecule has 178 valence electrons. The number of aromatic nitrogens is 3. The molecule has 34 heavy (non-hydrogen) atoms. The third-order valence-electron chi connectivity index (χ3n) is 4.92. The molecular weight excluding hydrogens is 543 g/mol. The van der Waals surface area contributed by atoms with Crippen molar-refractivity contribution in [2.24, 2.45) is 10.9 Å². The van der Waals surface area contributed by atoms with Gasteiger partial charge in [-0.1, -0.05) is 25.2 Å². The SMILES string of the molecule is C=C(C)C/C1=C(\C=NC)c2nccc(n2)Nc2cc(c(/C(=C/C)C(=N)I)cn2)OCC(C)CO1. The average Bonchev–Trinajstić information content (AvgIpc) is 2.79. The summed E-state index contributed by atoms with van der Waals surface area (Å²) < 4.78 is 12.9. The largest absolute Gasteiger partial charge is 0.496 e. The molecule has 2 aromatic heterocycles. The van der Waals surface area contributed by atoms with E-state index in [4.69, 9.17) is 14.9 Å². The van der Waals surface area contributed by atoms with Crippen molar-refractivity contribution in [3.8, 4) is 5.75 Å². The first-order chi connectivity index (χ1) is 16.3. The van der Waals surface area contributed by atoms with E-state index in [1.165, 1.54) is 0 Å². The van der Waals surface area contributed by atoms with Gasteiger partial charge in [-0.25, -0.2) is 15.0 Å². The molecule has 2 N–H and O–H groups in total. The van der Waals surface area contributed by atoms with Crippen molar-refractivity contribution in [3.63, 3.8) is 0 Å². The molecule has 1 atom stereocenters. The first kappa shape index (κ1) is 25.5. The summed E-state index contributed by atoms with van der Waals surface area (Å²) in [6, 6.07) is 3.60. The summed E-state index contributed by atoms with van der Waals surface area (Å²) in [6.07, 6.45) is 7.55. The van der Waals surface area contributed by atoms with Gasteiger partial charge in [-0.2, -0.15) is 0 Å². The maximum Gasteiger partial charge on any atom is 0.166 e. The molecule has 0 spiro atoms. The van der Waals surface area contributed by atoms with E-state index in [0.29, 0.717) is 57.9 Å². The number of allylic oxidation sites excluding steroid dienone is 4. The number of nitrogens with one attached hydrogen (secondary N) is 2. The lowest BCUT2D eigenvalue weighted by molar-refractivity contribution is 0.134. The van der Waals surface area contributed by atoms with Crippen LogP contribution in [0.25, 0.3) is 11.1 Å². The fraction of sp³-hybridized carbons (Fsp3) is 0.320. The van der Waals surface area contributed by atoms with Crippen molar-refractivity contribution < 1.29 is 9.47 Å². The van der Waals surface area contributed by atoms with Crippen LogP contribution in [-0.2, 0) is 4.74 Å². The van der Waals surface area contributed by atoms with Crippen molar-refractivity contribution in [1.29, 1.82) is 5.41 Å². The van der Waals surface area contributed by atoms with Crippen LogP contribution in [-0.4, -0.2) is 45.1 Å². The summed E-state index contributed by atoms with van der Waals surface area (Å²) in [4.78, 5) is 17.9. The normalized spacial score (nSPS) is 19.0. The Morgan fingerprint density at radius 3 is 2.76 bits per heavy atom. The summed E-state index contributed by atoms with van der Waals surface area (Å²) in [5.74, 6) is 3.09. The van der Waals surface area contributed by atoms with Crippen LogP contribution in [0.15, 0.2) is 53.5 Å². The molecule has 2 aromatic rings. The highest BCUT2D eigenvalue weighted by Crippen LogP contribution is 2.32. The predicted molar refractivity (Wildman–Crippen MR) is 146 cm³/mol. The van der Waals surface area contributed by atoms with E-state index >= 15 is 0 Å². The number of rotatable bonds is 5. The Hall–Kier alpha value is -3.08. The van der Waals surface area contributed by atoms with Crippen LogP contribution in [0.3, 0.4) is 0 Å².